The van der Waals surface area contributed by atoms with Crippen LogP contribution in [-0.4, -0.2) is 4.98 Å². The molecule has 0 saturated heterocycles. The first-order valence-electron chi connectivity index (χ1n) is 4.61. The van der Waals surface area contributed by atoms with Crippen LogP contribution in [0.5, 0.6) is 11.6 Å². The molecule has 0 saturated carbocycles. The van der Waals surface area contributed by atoms with Gasteiger partial charge in [-0.1, -0.05) is 6.07 Å². The average Bonchev–Trinajstić information content (AvgIpc) is 2.28. The third kappa shape index (κ3) is 3.00. The number of hydrogen-bond acceptors (Lipinski definition) is 3. The summed E-state index contributed by atoms with van der Waals surface area (Å²) in [6, 6.07) is 7.29. The number of hydrogen-bond donors (Lipinski definition) is 1. The molecular weight excluding hydrogens is 416 g/mol. The topological polar surface area (TPSA) is 48.1 Å². The highest BCUT2D eigenvalue weighted by molar-refractivity contribution is 9.11. The Labute approximate surface area is 124 Å². The zero-order valence-electron chi connectivity index (χ0n) is 8.45. The number of nitrogens with two attached hydrogens (primary N) is 1. The predicted molar refractivity (Wildman–Crippen MR) is 78.3 cm³/mol. The Balaban J connectivity index is 2.35. The highest BCUT2D eigenvalue weighted by Gasteiger charge is 2.09. The molecule has 0 unspecified atom stereocenters. The Hall–Kier alpha value is -0.590. The van der Waals surface area contributed by atoms with Crippen molar-refractivity contribution in [2.75, 3.05) is 5.73 Å². The van der Waals surface area contributed by atoms with Crippen LogP contribution in [0.1, 0.15) is 0 Å². The number of benzene rings is 1. The fourth-order valence-corrected chi connectivity index (χ4v) is 2.60. The van der Waals surface area contributed by atoms with Gasteiger partial charge in [0.05, 0.1) is 8.95 Å². The van der Waals surface area contributed by atoms with Gasteiger partial charge in [0.2, 0.25) is 5.88 Å². The summed E-state index contributed by atoms with van der Waals surface area (Å²) in [5.74, 6) is 1.11. The average molecular weight is 423 g/mol. The molecule has 0 atom stereocenters. The number of aromatic nitrogens is 1. The van der Waals surface area contributed by atoms with Crippen LogP contribution in [0.25, 0.3) is 0 Å². The molecule has 0 aliphatic carbocycles. The first-order chi connectivity index (χ1) is 8.08. The second-order valence-corrected chi connectivity index (χ2v) is 5.76. The van der Waals surface area contributed by atoms with Crippen molar-refractivity contribution in [3.63, 3.8) is 0 Å². The number of halogens is 3. The maximum Gasteiger partial charge on any atom is 0.233 e. The normalized spacial score (nSPS) is 10.3. The van der Waals surface area contributed by atoms with E-state index in [0.717, 1.165) is 13.4 Å². The van der Waals surface area contributed by atoms with Gasteiger partial charge >= 0.3 is 0 Å². The van der Waals surface area contributed by atoms with Gasteiger partial charge in [-0.05, 0) is 66.0 Å². The molecule has 0 spiro atoms. The Morgan fingerprint density at radius 3 is 2.65 bits per heavy atom. The summed E-state index contributed by atoms with van der Waals surface area (Å²) < 4.78 is 8.03. The molecule has 0 radical (unpaired) electrons. The van der Waals surface area contributed by atoms with Gasteiger partial charge in [0.15, 0.2) is 0 Å². The zero-order valence-corrected chi connectivity index (χ0v) is 13.2. The van der Waals surface area contributed by atoms with E-state index in [1.165, 1.54) is 0 Å². The number of rotatable bonds is 2. The highest BCUT2D eigenvalue weighted by atomic mass is 79.9. The van der Waals surface area contributed by atoms with Gasteiger partial charge in [-0.2, -0.15) is 0 Å². The first-order valence-corrected chi connectivity index (χ1v) is 6.98. The number of ether oxygens (including phenoxy) is 1. The van der Waals surface area contributed by atoms with Gasteiger partial charge < -0.3 is 10.5 Å². The van der Waals surface area contributed by atoms with Crippen molar-refractivity contribution in [2.24, 2.45) is 0 Å². The fraction of sp³-hybridized carbons (Fsp3) is 0. The summed E-state index contributed by atoms with van der Waals surface area (Å²) in [7, 11) is 0. The summed E-state index contributed by atoms with van der Waals surface area (Å²) in [5.41, 5.74) is 6.39. The minimum absolute atomic E-state index is 0.486. The monoisotopic (exact) mass is 420 g/mol. The maximum atomic E-state index is 5.77. The SMILES string of the molecule is Nc1cccc(Oc2ncc(Br)cc2Br)c1Br. The quantitative estimate of drug-likeness (QED) is 0.711. The maximum absolute atomic E-state index is 5.77. The second-order valence-electron chi connectivity index (χ2n) is 3.20. The van der Waals surface area contributed by atoms with Crippen LogP contribution < -0.4 is 10.5 Å². The molecule has 0 amide bonds. The first kappa shape index (κ1) is 12.9. The number of nitrogen functional groups attached to an aromatic ring is 1. The number of pyridine rings is 1. The lowest BCUT2D eigenvalue weighted by atomic mass is 10.3. The van der Waals surface area contributed by atoms with Crippen LogP contribution in [0.3, 0.4) is 0 Å². The van der Waals surface area contributed by atoms with Gasteiger partial charge in [-0.3, -0.25) is 0 Å². The highest BCUT2D eigenvalue weighted by Crippen LogP contribution is 2.36. The Bertz CT molecular complexity index is 560. The summed E-state index contributed by atoms with van der Waals surface area (Å²) in [6.45, 7) is 0. The van der Waals surface area contributed by atoms with E-state index in [1.54, 1.807) is 12.3 Å². The van der Waals surface area contributed by atoms with Gasteiger partial charge in [-0.15, -0.1) is 0 Å². The van der Waals surface area contributed by atoms with E-state index in [-0.39, 0.29) is 0 Å². The van der Waals surface area contributed by atoms with Gasteiger partial charge in [0, 0.05) is 16.4 Å². The molecule has 0 aliphatic heterocycles. The lowest BCUT2D eigenvalue weighted by molar-refractivity contribution is 0.457. The predicted octanol–water partition coefficient (Wildman–Crippen LogP) is 4.74. The summed E-state index contributed by atoms with van der Waals surface area (Å²) in [5, 5.41) is 0. The number of anilines is 1. The van der Waals surface area contributed by atoms with E-state index in [0.29, 0.717) is 17.3 Å². The Morgan fingerprint density at radius 1 is 1.18 bits per heavy atom. The zero-order chi connectivity index (χ0) is 12.4. The van der Waals surface area contributed by atoms with E-state index in [1.807, 2.05) is 18.2 Å². The van der Waals surface area contributed by atoms with Crippen molar-refractivity contribution < 1.29 is 4.74 Å². The molecule has 0 fully saturated rings. The second kappa shape index (κ2) is 5.37. The lowest BCUT2D eigenvalue weighted by Crippen LogP contribution is -1.93. The third-order valence-corrected chi connectivity index (χ3v) is 3.82. The van der Waals surface area contributed by atoms with Gasteiger partial charge in [0.1, 0.15) is 5.75 Å². The molecule has 88 valence electrons. The fourth-order valence-electron chi connectivity index (χ4n) is 1.19. The van der Waals surface area contributed by atoms with Crippen LogP contribution in [-0.2, 0) is 0 Å². The Morgan fingerprint density at radius 2 is 1.94 bits per heavy atom. The van der Waals surface area contributed by atoms with Crippen molar-refractivity contribution in [1.29, 1.82) is 0 Å². The minimum Gasteiger partial charge on any atom is -0.437 e. The van der Waals surface area contributed by atoms with Gasteiger partial charge in [0.25, 0.3) is 0 Å². The van der Waals surface area contributed by atoms with E-state index in [9.17, 15) is 0 Å². The van der Waals surface area contributed by atoms with E-state index in [2.05, 4.69) is 52.8 Å². The molecule has 6 heteroatoms. The molecule has 1 aromatic heterocycles. The van der Waals surface area contributed by atoms with Crippen LogP contribution >= 0.6 is 47.8 Å². The van der Waals surface area contributed by atoms with Crippen LogP contribution in [0, 0.1) is 0 Å². The van der Waals surface area contributed by atoms with Crippen molar-refractivity contribution in [3.8, 4) is 11.6 Å². The summed E-state index contributed by atoms with van der Waals surface area (Å²) in [4.78, 5) is 4.17. The van der Waals surface area contributed by atoms with Crippen molar-refractivity contribution in [3.05, 3.63) is 43.9 Å². The van der Waals surface area contributed by atoms with E-state index < -0.39 is 0 Å². The van der Waals surface area contributed by atoms with Crippen LogP contribution in [0.15, 0.2) is 43.9 Å². The Kier molecular flexibility index (Phi) is 4.06. The summed E-state index contributed by atoms with van der Waals surface area (Å²) in [6.07, 6.45) is 1.67. The molecule has 0 aliphatic rings. The molecule has 2 N–H and O–H groups in total. The van der Waals surface area contributed by atoms with Crippen molar-refractivity contribution in [1.82, 2.24) is 4.98 Å². The van der Waals surface area contributed by atoms with Crippen molar-refractivity contribution >= 4 is 53.5 Å². The lowest BCUT2D eigenvalue weighted by Gasteiger charge is -2.09. The van der Waals surface area contributed by atoms with E-state index >= 15 is 0 Å². The van der Waals surface area contributed by atoms with Crippen LogP contribution in [0.2, 0.25) is 0 Å². The largest absolute Gasteiger partial charge is 0.437 e. The standard InChI is InChI=1S/C11H7Br3N2O/c12-6-4-7(13)11(16-5-6)17-9-3-1-2-8(15)10(9)14/h1-5H,15H2. The number of nitrogens with zero attached hydrogens (tertiary/aromatic N) is 1. The van der Waals surface area contributed by atoms with Crippen LogP contribution in [0.4, 0.5) is 5.69 Å². The molecule has 2 aromatic rings. The van der Waals surface area contributed by atoms with Gasteiger partial charge in [-0.25, -0.2) is 4.98 Å². The molecule has 0 bridgehead atoms. The summed E-state index contributed by atoms with van der Waals surface area (Å²) >= 11 is 10.1. The molecule has 3 nitrogen and oxygen atoms in total. The van der Waals surface area contributed by atoms with E-state index in [4.69, 9.17) is 10.5 Å². The van der Waals surface area contributed by atoms with Crippen molar-refractivity contribution in [2.45, 2.75) is 0 Å². The minimum atomic E-state index is 0.486. The molecule has 17 heavy (non-hydrogen) atoms. The molecular formula is C11H7Br3N2O. The molecule has 2 rings (SSSR count). The third-order valence-electron chi connectivity index (χ3n) is 1.97. The molecule has 1 aromatic carbocycles. The smallest absolute Gasteiger partial charge is 0.233 e. The molecule has 1 heterocycles.